The molecule has 10 heteroatoms. The number of thiazole rings is 1. The fraction of sp³-hybridized carbons (Fsp3) is 0.0952. The molecule has 4 rings (SSSR count). The second-order valence-electron chi connectivity index (χ2n) is 6.54. The molecule has 1 amide bonds. The average Bonchev–Trinajstić information content (AvgIpc) is 3.18. The second kappa shape index (κ2) is 8.26. The molecule has 7 nitrogen and oxygen atoms in total. The monoisotopic (exact) mass is 472 g/mol. The van der Waals surface area contributed by atoms with Crippen molar-refractivity contribution < 1.29 is 13.2 Å². The standard InChI is InChI=1S/C21H17ClN4O3S2/c1-13(27)26(31(28,29)15-6-4-3-5-7-15)20-16(22)10-11-24-19(20)14-8-9-17-18(12-14)30-21(23-2)25-17/h3-12H,1-2H3,(H,23,25). The van der Waals surface area contributed by atoms with Crippen molar-refractivity contribution in [3.63, 3.8) is 0 Å². The highest BCUT2D eigenvalue weighted by Crippen LogP contribution is 2.39. The lowest BCUT2D eigenvalue weighted by molar-refractivity contribution is -0.115. The molecule has 0 saturated heterocycles. The maximum absolute atomic E-state index is 13.4. The van der Waals surface area contributed by atoms with Gasteiger partial charge in [-0.05, 0) is 30.3 Å². The number of halogens is 1. The van der Waals surface area contributed by atoms with Crippen LogP contribution in [0.3, 0.4) is 0 Å². The zero-order valence-electron chi connectivity index (χ0n) is 16.5. The lowest BCUT2D eigenvalue weighted by atomic mass is 10.1. The summed E-state index contributed by atoms with van der Waals surface area (Å²) < 4.78 is 28.3. The highest BCUT2D eigenvalue weighted by molar-refractivity contribution is 7.93. The molecule has 0 fully saturated rings. The van der Waals surface area contributed by atoms with Crippen LogP contribution in [0.4, 0.5) is 10.8 Å². The maximum Gasteiger partial charge on any atom is 0.271 e. The van der Waals surface area contributed by atoms with Gasteiger partial charge in [0.15, 0.2) is 5.13 Å². The number of hydrogen-bond donors (Lipinski definition) is 1. The molecule has 0 spiro atoms. The molecule has 0 aliphatic carbocycles. The molecule has 0 atom stereocenters. The van der Waals surface area contributed by atoms with Crippen LogP contribution in [0.5, 0.6) is 0 Å². The van der Waals surface area contributed by atoms with Gasteiger partial charge in [-0.2, -0.15) is 4.31 Å². The largest absolute Gasteiger partial charge is 0.365 e. The Morgan fingerprint density at radius 2 is 1.87 bits per heavy atom. The third kappa shape index (κ3) is 3.87. The van der Waals surface area contributed by atoms with Gasteiger partial charge in [-0.1, -0.05) is 47.2 Å². The summed E-state index contributed by atoms with van der Waals surface area (Å²) in [5, 5.41) is 3.86. The quantitative estimate of drug-likeness (QED) is 0.448. The van der Waals surface area contributed by atoms with Gasteiger partial charge in [-0.3, -0.25) is 9.78 Å². The van der Waals surface area contributed by atoms with Crippen LogP contribution in [0.1, 0.15) is 6.92 Å². The molecular formula is C21H17ClN4O3S2. The topological polar surface area (TPSA) is 92.3 Å². The van der Waals surface area contributed by atoms with Crippen LogP contribution in [-0.4, -0.2) is 31.3 Å². The van der Waals surface area contributed by atoms with Crippen molar-refractivity contribution in [1.82, 2.24) is 9.97 Å². The van der Waals surface area contributed by atoms with Crippen molar-refractivity contribution in [2.45, 2.75) is 11.8 Å². The summed E-state index contributed by atoms with van der Waals surface area (Å²) in [5.74, 6) is -0.698. The minimum Gasteiger partial charge on any atom is -0.365 e. The molecular weight excluding hydrogens is 456 g/mol. The first kappa shape index (κ1) is 21.2. The van der Waals surface area contributed by atoms with Gasteiger partial charge in [0.25, 0.3) is 10.0 Å². The summed E-state index contributed by atoms with van der Waals surface area (Å²) in [5.41, 5.74) is 1.70. The maximum atomic E-state index is 13.4. The Balaban J connectivity index is 1.94. The van der Waals surface area contributed by atoms with E-state index >= 15 is 0 Å². The molecule has 0 aliphatic heterocycles. The molecule has 158 valence electrons. The third-order valence-electron chi connectivity index (χ3n) is 4.52. The van der Waals surface area contributed by atoms with Gasteiger partial charge in [0.2, 0.25) is 5.91 Å². The smallest absolute Gasteiger partial charge is 0.271 e. The number of rotatable bonds is 5. The third-order valence-corrected chi connectivity index (χ3v) is 7.65. The van der Waals surface area contributed by atoms with Gasteiger partial charge in [-0.25, -0.2) is 13.4 Å². The Morgan fingerprint density at radius 3 is 2.55 bits per heavy atom. The minimum absolute atomic E-state index is 0.0122. The highest BCUT2D eigenvalue weighted by Gasteiger charge is 2.33. The van der Waals surface area contributed by atoms with Crippen molar-refractivity contribution in [1.29, 1.82) is 0 Å². The lowest BCUT2D eigenvalue weighted by Gasteiger charge is -2.24. The predicted octanol–water partition coefficient (Wildman–Crippen LogP) is 4.80. The Hall–Kier alpha value is -3.01. The van der Waals surface area contributed by atoms with Gasteiger partial charge >= 0.3 is 0 Å². The number of sulfonamides is 1. The molecule has 0 radical (unpaired) electrons. The number of nitrogens with one attached hydrogen (secondary N) is 1. The molecule has 1 N–H and O–H groups in total. The number of benzene rings is 2. The summed E-state index contributed by atoms with van der Waals surface area (Å²) in [6.45, 7) is 1.18. The minimum atomic E-state index is -4.21. The molecule has 0 bridgehead atoms. The van der Waals surface area contributed by atoms with Crippen molar-refractivity contribution >= 4 is 59.9 Å². The van der Waals surface area contributed by atoms with E-state index in [1.807, 2.05) is 12.1 Å². The molecule has 0 aliphatic rings. The van der Waals surface area contributed by atoms with E-state index in [4.69, 9.17) is 11.6 Å². The molecule has 2 aromatic heterocycles. The van der Waals surface area contributed by atoms with Crippen molar-refractivity contribution in [2.24, 2.45) is 0 Å². The number of amides is 1. The zero-order chi connectivity index (χ0) is 22.2. The fourth-order valence-corrected chi connectivity index (χ4v) is 5.77. The number of carbonyl (C=O) groups excluding carboxylic acids is 1. The van der Waals surface area contributed by atoms with Crippen molar-refractivity contribution in [3.05, 3.63) is 65.8 Å². The first-order valence-electron chi connectivity index (χ1n) is 9.17. The lowest BCUT2D eigenvalue weighted by Crippen LogP contribution is -2.36. The first-order chi connectivity index (χ1) is 14.8. The number of anilines is 2. The summed E-state index contributed by atoms with van der Waals surface area (Å²) in [6, 6.07) is 14.6. The second-order valence-corrected chi connectivity index (χ2v) is 9.77. The van der Waals surface area contributed by atoms with Gasteiger partial charge < -0.3 is 5.32 Å². The number of aromatic nitrogens is 2. The molecule has 2 aromatic carbocycles. The number of pyridine rings is 1. The molecule has 0 unspecified atom stereocenters. The van der Waals surface area contributed by atoms with E-state index in [2.05, 4.69) is 15.3 Å². The van der Waals surface area contributed by atoms with Gasteiger partial charge in [0.1, 0.15) is 5.69 Å². The number of carbonyl (C=O) groups is 1. The summed E-state index contributed by atoms with van der Waals surface area (Å²) in [6.07, 6.45) is 1.48. The Kier molecular flexibility index (Phi) is 5.65. The van der Waals surface area contributed by atoms with Crippen LogP contribution >= 0.6 is 22.9 Å². The zero-order valence-corrected chi connectivity index (χ0v) is 18.9. The number of nitrogens with zero attached hydrogens (tertiary/aromatic N) is 3. The number of hydrogen-bond acceptors (Lipinski definition) is 7. The van der Waals surface area contributed by atoms with E-state index in [1.54, 1.807) is 31.3 Å². The highest BCUT2D eigenvalue weighted by atomic mass is 35.5. The predicted molar refractivity (Wildman–Crippen MR) is 124 cm³/mol. The van der Waals surface area contributed by atoms with Gasteiger partial charge in [-0.15, -0.1) is 0 Å². The van der Waals surface area contributed by atoms with Crippen LogP contribution in [0.15, 0.2) is 65.7 Å². The van der Waals surface area contributed by atoms with E-state index in [0.29, 0.717) is 9.87 Å². The van der Waals surface area contributed by atoms with Gasteiger partial charge in [0.05, 0.1) is 25.8 Å². The van der Waals surface area contributed by atoms with E-state index in [-0.39, 0.29) is 21.3 Å². The summed E-state index contributed by atoms with van der Waals surface area (Å²) in [4.78, 5) is 21.4. The Labute approximate surface area is 188 Å². The first-order valence-corrected chi connectivity index (χ1v) is 11.8. The summed E-state index contributed by atoms with van der Waals surface area (Å²) in [7, 11) is -2.42. The van der Waals surface area contributed by atoms with E-state index in [0.717, 1.165) is 15.3 Å². The van der Waals surface area contributed by atoms with E-state index in [9.17, 15) is 13.2 Å². The Morgan fingerprint density at radius 1 is 1.13 bits per heavy atom. The van der Waals surface area contributed by atoms with Crippen LogP contribution < -0.4 is 9.62 Å². The van der Waals surface area contributed by atoms with E-state index in [1.165, 1.54) is 42.7 Å². The van der Waals surface area contributed by atoms with Crippen molar-refractivity contribution in [3.8, 4) is 11.3 Å². The molecule has 31 heavy (non-hydrogen) atoms. The van der Waals surface area contributed by atoms with Crippen molar-refractivity contribution in [2.75, 3.05) is 16.7 Å². The van der Waals surface area contributed by atoms with Crippen LogP contribution in [0.25, 0.3) is 21.5 Å². The summed E-state index contributed by atoms with van der Waals surface area (Å²) >= 11 is 7.89. The average molecular weight is 473 g/mol. The number of fused-ring (bicyclic) bond motifs is 1. The van der Waals surface area contributed by atoms with E-state index < -0.39 is 15.9 Å². The van der Waals surface area contributed by atoms with Crippen LogP contribution in [0, 0.1) is 0 Å². The van der Waals surface area contributed by atoms with Crippen LogP contribution in [-0.2, 0) is 14.8 Å². The van der Waals surface area contributed by atoms with Crippen LogP contribution in [0.2, 0.25) is 5.02 Å². The molecule has 2 heterocycles. The fourth-order valence-electron chi connectivity index (χ4n) is 3.16. The normalized spacial score (nSPS) is 11.5. The Bertz CT molecular complexity index is 1390. The van der Waals surface area contributed by atoms with Gasteiger partial charge in [0, 0.05) is 25.7 Å². The molecule has 0 saturated carbocycles. The molecule has 4 aromatic rings. The SMILES string of the molecule is CNc1nc2ccc(-c3nccc(Cl)c3N(C(C)=O)S(=O)(=O)c3ccccc3)cc2s1.